The third kappa shape index (κ3) is 3.40. The zero-order valence-corrected chi connectivity index (χ0v) is 15.9. The molecule has 0 unspecified atom stereocenters. The Kier molecular flexibility index (Phi) is 4.81. The molecule has 0 aliphatic heterocycles. The van der Waals surface area contributed by atoms with E-state index in [1.165, 1.54) is 0 Å². The van der Waals surface area contributed by atoms with Crippen LogP contribution in [0.2, 0.25) is 0 Å². The molecule has 25 heavy (non-hydrogen) atoms. The van der Waals surface area contributed by atoms with Crippen molar-refractivity contribution in [3.05, 3.63) is 63.3 Å². The zero-order chi connectivity index (χ0) is 18.2. The fourth-order valence-electron chi connectivity index (χ4n) is 2.95. The highest BCUT2D eigenvalue weighted by Crippen LogP contribution is 2.24. The second kappa shape index (κ2) is 6.74. The summed E-state index contributed by atoms with van der Waals surface area (Å²) in [5.41, 5.74) is 2.74. The van der Waals surface area contributed by atoms with Gasteiger partial charge in [-0.3, -0.25) is 9.36 Å². The highest BCUT2D eigenvalue weighted by Gasteiger charge is 2.20. The van der Waals surface area contributed by atoms with Gasteiger partial charge in [0.15, 0.2) is 0 Å². The molecule has 3 rings (SSSR count). The van der Waals surface area contributed by atoms with E-state index in [0.717, 1.165) is 28.0 Å². The predicted molar refractivity (Wildman–Crippen MR) is 102 cm³/mol. The third-order valence-corrected chi connectivity index (χ3v) is 6.73. The Morgan fingerprint density at radius 3 is 2.60 bits per heavy atom. The lowest BCUT2D eigenvalue weighted by Crippen LogP contribution is -2.27. The smallest absolute Gasteiger partial charge is 0.299 e. The van der Waals surface area contributed by atoms with Crippen molar-refractivity contribution in [2.24, 2.45) is 0 Å². The summed E-state index contributed by atoms with van der Waals surface area (Å²) in [6, 6.07) is 12.2. The molecule has 0 spiro atoms. The van der Waals surface area contributed by atoms with E-state index in [1.54, 1.807) is 22.8 Å². The van der Waals surface area contributed by atoms with E-state index < -0.39 is 10.0 Å². The van der Waals surface area contributed by atoms with Gasteiger partial charge in [0, 0.05) is 12.6 Å². The Balaban J connectivity index is 1.96. The van der Waals surface area contributed by atoms with Crippen LogP contribution in [-0.2, 0) is 16.6 Å². The van der Waals surface area contributed by atoms with Gasteiger partial charge in [0.2, 0.25) is 10.0 Å². The molecule has 0 radical (unpaired) electrons. The van der Waals surface area contributed by atoms with Crippen LogP contribution >= 0.6 is 11.3 Å². The Bertz CT molecular complexity index is 1080. The van der Waals surface area contributed by atoms with E-state index >= 15 is 0 Å². The van der Waals surface area contributed by atoms with Crippen molar-refractivity contribution in [2.75, 3.05) is 0 Å². The predicted octanol–water partition coefficient (Wildman–Crippen LogP) is 3.43. The molecule has 0 aliphatic rings. The maximum atomic E-state index is 12.7. The monoisotopic (exact) mass is 376 g/mol. The van der Waals surface area contributed by atoms with Crippen LogP contribution in [0.4, 0.5) is 0 Å². The minimum absolute atomic E-state index is 0.0757. The maximum Gasteiger partial charge on any atom is 0.308 e. The third-order valence-electron chi connectivity index (χ3n) is 4.25. The van der Waals surface area contributed by atoms with E-state index in [0.29, 0.717) is 11.2 Å². The molecule has 0 saturated carbocycles. The van der Waals surface area contributed by atoms with Crippen molar-refractivity contribution >= 4 is 31.6 Å². The van der Waals surface area contributed by atoms with Crippen molar-refractivity contribution in [2.45, 2.75) is 38.3 Å². The summed E-state index contributed by atoms with van der Waals surface area (Å²) in [5.74, 6) is 0. The molecule has 0 fully saturated rings. The van der Waals surface area contributed by atoms with E-state index in [4.69, 9.17) is 0 Å². The molecule has 0 bridgehead atoms. The highest BCUT2D eigenvalue weighted by atomic mass is 32.2. The molecule has 1 heterocycles. The summed E-state index contributed by atoms with van der Waals surface area (Å²) in [6.45, 7) is 6.23. The summed E-state index contributed by atoms with van der Waals surface area (Å²) in [4.78, 5) is 12.0. The van der Waals surface area contributed by atoms with Gasteiger partial charge < -0.3 is 0 Å². The first-order chi connectivity index (χ1) is 11.8. The molecule has 0 amide bonds. The molecule has 1 aromatic heterocycles. The van der Waals surface area contributed by atoms with Crippen LogP contribution in [0.5, 0.6) is 0 Å². The number of fused-ring (bicyclic) bond motifs is 1. The Morgan fingerprint density at radius 2 is 1.92 bits per heavy atom. The number of nitrogens with one attached hydrogen (secondary N) is 1. The maximum absolute atomic E-state index is 12.7. The normalized spacial score (nSPS) is 13.2. The van der Waals surface area contributed by atoms with Crippen molar-refractivity contribution in [1.82, 2.24) is 9.29 Å². The fourth-order valence-corrected chi connectivity index (χ4v) is 5.27. The van der Waals surface area contributed by atoms with Crippen molar-refractivity contribution < 1.29 is 8.42 Å². The summed E-state index contributed by atoms with van der Waals surface area (Å²) in [5, 5.41) is 0. The van der Waals surface area contributed by atoms with Gasteiger partial charge in [-0.15, -0.1) is 0 Å². The second-order valence-corrected chi connectivity index (χ2v) is 8.65. The van der Waals surface area contributed by atoms with Gasteiger partial charge in [0.05, 0.1) is 15.1 Å². The van der Waals surface area contributed by atoms with Crippen LogP contribution in [0.3, 0.4) is 0 Å². The number of rotatable bonds is 5. The number of hydrogen-bond donors (Lipinski definition) is 1. The van der Waals surface area contributed by atoms with E-state index in [-0.39, 0.29) is 15.8 Å². The van der Waals surface area contributed by atoms with Crippen LogP contribution < -0.4 is 9.60 Å². The number of thiazole rings is 1. The van der Waals surface area contributed by atoms with Crippen LogP contribution in [0.15, 0.2) is 52.2 Å². The molecule has 3 aromatic rings. The number of nitrogens with zero attached hydrogens (tertiary/aromatic N) is 1. The van der Waals surface area contributed by atoms with Crippen LogP contribution in [-0.4, -0.2) is 13.0 Å². The molecular formula is C18H20N2O3S2. The minimum atomic E-state index is -3.68. The quantitative estimate of drug-likeness (QED) is 0.742. The van der Waals surface area contributed by atoms with Gasteiger partial charge in [0.25, 0.3) is 0 Å². The van der Waals surface area contributed by atoms with E-state index in [1.807, 2.05) is 45.0 Å². The summed E-state index contributed by atoms with van der Waals surface area (Å²) in [7, 11) is -3.68. The molecule has 7 heteroatoms. The van der Waals surface area contributed by atoms with Gasteiger partial charge >= 0.3 is 4.87 Å². The molecule has 2 aromatic carbocycles. The van der Waals surface area contributed by atoms with Crippen molar-refractivity contribution in [3.63, 3.8) is 0 Å². The van der Waals surface area contributed by atoms with Crippen molar-refractivity contribution in [3.8, 4) is 0 Å². The lowest BCUT2D eigenvalue weighted by Gasteiger charge is -2.16. The van der Waals surface area contributed by atoms with E-state index in [2.05, 4.69) is 4.72 Å². The first-order valence-corrected chi connectivity index (χ1v) is 10.3. The number of hydrogen-bond acceptors (Lipinski definition) is 4. The average Bonchev–Trinajstić information content (AvgIpc) is 2.88. The lowest BCUT2D eigenvalue weighted by atomic mass is 10.0. The minimum Gasteiger partial charge on any atom is -0.299 e. The van der Waals surface area contributed by atoms with Crippen LogP contribution in [0.25, 0.3) is 10.2 Å². The first-order valence-electron chi connectivity index (χ1n) is 8.04. The zero-order valence-electron chi connectivity index (χ0n) is 14.3. The first kappa shape index (κ1) is 17.8. The summed E-state index contributed by atoms with van der Waals surface area (Å²) < 4.78 is 30.5. The average molecular weight is 377 g/mol. The largest absolute Gasteiger partial charge is 0.308 e. The molecule has 132 valence electrons. The summed E-state index contributed by atoms with van der Waals surface area (Å²) in [6.07, 6.45) is 0. The second-order valence-electron chi connectivity index (χ2n) is 5.94. The summed E-state index contributed by atoms with van der Waals surface area (Å²) >= 11 is 1.07. The highest BCUT2D eigenvalue weighted by molar-refractivity contribution is 7.89. The standard InChI is InChI=1S/C18H20N2O3S2/c1-4-20-16-10-9-14(11-17(16)24-18(20)21)25(22,23)19-13(3)15-8-6-5-7-12(15)2/h5-11,13,19H,4H2,1-3H3/t13-/m1/s1. The SMILES string of the molecule is CCn1c(=O)sc2cc(S(=O)(=O)N[C@H](C)c3ccccc3C)ccc21. The van der Waals surface area contributed by atoms with Gasteiger partial charge in [-0.2, -0.15) is 0 Å². The van der Waals surface area contributed by atoms with Crippen LogP contribution in [0, 0.1) is 6.92 Å². The van der Waals surface area contributed by atoms with Gasteiger partial charge in [-0.05, 0) is 50.1 Å². The molecule has 1 atom stereocenters. The van der Waals surface area contributed by atoms with Gasteiger partial charge in [-0.25, -0.2) is 13.1 Å². The Labute approximate surface area is 151 Å². The number of sulfonamides is 1. The molecule has 0 saturated heterocycles. The van der Waals surface area contributed by atoms with E-state index in [9.17, 15) is 13.2 Å². The fraction of sp³-hybridized carbons (Fsp3) is 0.278. The number of aryl methyl sites for hydroxylation is 2. The molecular weight excluding hydrogens is 356 g/mol. The van der Waals surface area contributed by atoms with Crippen molar-refractivity contribution in [1.29, 1.82) is 0 Å². The number of aromatic nitrogens is 1. The van der Waals surface area contributed by atoms with Gasteiger partial charge in [-0.1, -0.05) is 35.6 Å². The lowest BCUT2D eigenvalue weighted by molar-refractivity contribution is 0.566. The molecule has 5 nitrogen and oxygen atoms in total. The van der Waals surface area contributed by atoms with Crippen LogP contribution in [0.1, 0.15) is 31.0 Å². The number of benzene rings is 2. The Hall–Kier alpha value is -1.96. The molecule has 0 aliphatic carbocycles. The van der Waals surface area contributed by atoms with Gasteiger partial charge in [0.1, 0.15) is 0 Å². The Morgan fingerprint density at radius 1 is 1.20 bits per heavy atom. The molecule has 1 N–H and O–H groups in total. The topological polar surface area (TPSA) is 68.2 Å².